The van der Waals surface area contributed by atoms with Gasteiger partial charge in [0.1, 0.15) is 11.5 Å². The lowest BCUT2D eigenvalue weighted by Gasteiger charge is -2.10. The Bertz CT molecular complexity index is 1450. The van der Waals surface area contributed by atoms with Gasteiger partial charge in [0.25, 0.3) is 0 Å². The number of rotatable bonds is 7. The van der Waals surface area contributed by atoms with E-state index >= 15 is 0 Å². The Hall–Kier alpha value is -4.32. The first-order chi connectivity index (χ1) is 16.0. The second-order valence-corrected chi connectivity index (χ2v) is 8.05. The van der Waals surface area contributed by atoms with Crippen molar-refractivity contribution in [3.63, 3.8) is 0 Å². The lowest BCUT2D eigenvalue weighted by Crippen LogP contribution is -2.03. The Morgan fingerprint density at radius 3 is 2.76 bits per heavy atom. The van der Waals surface area contributed by atoms with E-state index in [1.165, 1.54) is 0 Å². The van der Waals surface area contributed by atoms with Crippen LogP contribution in [0.4, 0.5) is 0 Å². The molecular weight excluding hydrogens is 414 g/mol. The largest absolute Gasteiger partial charge is 0.481 e. The number of fused-ring (bicyclic) bond motifs is 1. The quantitative estimate of drug-likeness (QED) is 0.337. The van der Waals surface area contributed by atoms with Crippen molar-refractivity contribution in [1.82, 2.24) is 14.8 Å². The molecule has 6 heteroatoms. The summed E-state index contributed by atoms with van der Waals surface area (Å²) in [4.78, 5) is 14.2. The first kappa shape index (κ1) is 20.6. The fourth-order valence-electron chi connectivity index (χ4n) is 4.02. The molecule has 2 heterocycles. The zero-order chi connectivity index (χ0) is 22.8. The molecule has 0 spiro atoms. The van der Waals surface area contributed by atoms with Gasteiger partial charge in [-0.1, -0.05) is 36.4 Å². The second-order valence-electron chi connectivity index (χ2n) is 8.05. The molecule has 0 amide bonds. The highest BCUT2D eigenvalue weighted by molar-refractivity contribution is 5.85. The maximum Gasteiger partial charge on any atom is 0.307 e. The molecule has 0 bridgehead atoms. The summed E-state index contributed by atoms with van der Waals surface area (Å²) in [6.07, 6.45) is 3.87. The smallest absolute Gasteiger partial charge is 0.307 e. The SMILES string of the molecule is Cc1c(Oc2cccc(-c3ccn(Cc4cccc(CC(=O)O)c4)n3)c2)ccc2[nH]ccc12. The summed E-state index contributed by atoms with van der Waals surface area (Å²) in [5, 5.41) is 14.9. The number of hydrogen-bond donors (Lipinski definition) is 2. The van der Waals surface area contributed by atoms with E-state index in [2.05, 4.69) is 18.0 Å². The van der Waals surface area contributed by atoms with E-state index in [1.54, 1.807) is 0 Å². The van der Waals surface area contributed by atoms with Crippen molar-refractivity contribution in [3.05, 3.63) is 102 Å². The zero-order valence-corrected chi connectivity index (χ0v) is 18.2. The van der Waals surface area contributed by atoms with Gasteiger partial charge in [-0.2, -0.15) is 5.10 Å². The molecule has 3 aromatic carbocycles. The number of aryl methyl sites for hydroxylation is 1. The number of hydrogen-bond acceptors (Lipinski definition) is 3. The van der Waals surface area contributed by atoms with Crippen LogP contribution in [0.5, 0.6) is 11.5 Å². The van der Waals surface area contributed by atoms with Crippen LogP contribution in [0.3, 0.4) is 0 Å². The maximum absolute atomic E-state index is 11.0. The Kier molecular flexibility index (Phi) is 5.40. The summed E-state index contributed by atoms with van der Waals surface area (Å²) in [5.74, 6) is 0.742. The van der Waals surface area contributed by atoms with Gasteiger partial charge < -0.3 is 14.8 Å². The molecule has 0 unspecified atom stereocenters. The number of carbonyl (C=O) groups is 1. The maximum atomic E-state index is 11.0. The van der Waals surface area contributed by atoms with Crippen LogP contribution >= 0.6 is 0 Å². The van der Waals surface area contributed by atoms with Gasteiger partial charge in [0.15, 0.2) is 0 Å². The molecule has 0 aliphatic carbocycles. The lowest BCUT2D eigenvalue weighted by atomic mass is 10.1. The third-order valence-electron chi connectivity index (χ3n) is 5.64. The minimum absolute atomic E-state index is 0.0154. The van der Waals surface area contributed by atoms with Crippen molar-refractivity contribution in [2.45, 2.75) is 19.9 Å². The van der Waals surface area contributed by atoms with Crippen molar-refractivity contribution in [3.8, 4) is 22.8 Å². The van der Waals surface area contributed by atoms with Crippen LogP contribution in [-0.2, 0) is 17.8 Å². The molecular formula is C27H23N3O3. The standard InChI is InChI=1S/C27H23N3O3/c1-18-23-10-12-28-25(23)8-9-26(18)33-22-7-3-6-21(16-22)24-11-13-30(29-24)17-20-5-2-4-19(14-20)15-27(31)32/h2-14,16,28H,15,17H2,1H3,(H,31,32). The van der Waals surface area contributed by atoms with Gasteiger partial charge in [-0.25, -0.2) is 0 Å². The lowest BCUT2D eigenvalue weighted by molar-refractivity contribution is -0.136. The van der Waals surface area contributed by atoms with Gasteiger partial charge in [0.05, 0.1) is 18.7 Å². The fraction of sp³-hybridized carbons (Fsp3) is 0.111. The second kappa shape index (κ2) is 8.67. The van der Waals surface area contributed by atoms with Crippen molar-refractivity contribution in [2.24, 2.45) is 0 Å². The van der Waals surface area contributed by atoms with Crippen molar-refractivity contribution < 1.29 is 14.6 Å². The number of aromatic nitrogens is 3. The number of aromatic amines is 1. The van der Waals surface area contributed by atoms with Crippen molar-refractivity contribution in [2.75, 3.05) is 0 Å². The van der Waals surface area contributed by atoms with E-state index in [4.69, 9.17) is 14.9 Å². The summed E-state index contributed by atoms with van der Waals surface area (Å²) in [7, 11) is 0. The topological polar surface area (TPSA) is 80.1 Å². The highest BCUT2D eigenvalue weighted by Crippen LogP contribution is 2.32. The predicted molar refractivity (Wildman–Crippen MR) is 128 cm³/mol. The molecule has 0 aliphatic heterocycles. The van der Waals surface area contributed by atoms with E-state index in [0.717, 1.165) is 50.3 Å². The number of H-pyrrole nitrogens is 1. The molecule has 0 radical (unpaired) electrons. The molecule has 5 aromatic rings. The number of carboxylic acids is 1. The van der Waals surface area contributed by atoms with Crippen LogP contribution in [-0.4, -0.2) is 25.8 Å². The van der Waals surface area contributed by atoms with Gasteiger partial charge in [-0.15, -0.1) is 0 Å². The molecule has 5 rings (SSSR count). The summed E-state index contributed by atoms with van der Waals surface area (Å²) in [6, 6.07) is 23.5. The summed E-state index contributed by atoms with van der Waals surface area (Å²) >= 11 is 0. The monoisotopic (exact) mass is 437 g/mol. The minimum atomic E-state index is -0.834. The third kappa shape index (κ3) is 4.50. The van der Waals surface area contributed by atoms with Gasteiger partial charge in [-0.05, 0) is 54.4 Å². The van der Waals surface area contributed by atoms with Crippen LogP contribution in [0.2, 0.25) is 0 Å². The van der Waals surface area contributed by atoms with E-state index in [1.807, 2.05) is 83.8 Å². The van der Waals surface area contributed by atoms with E-state index in [0.29, 0.717) is 6.54 Å². The molecule has 0 aliphatic rings. The van der Waals surface area contributed by atoms with Crippen LogP contribution in [0.1, 0.15) is 16.7 Å². The molecule has 33 heavy (non-hydrogen) atoms. The van der Waals surface area contributed by atoms with E-state index in [-0.39, 0.29) is 6.42 Å². The van der Waals surface area contributed by atoms with Gasteiger partial charge >= 0.3 is 5.97 Å². The summed E-state index contributed by atoms with van der Waals surface area (Å²) < 4.78 is 8.05. The summed E-state index contributed by atoms with van der Waals surface area (Å²) in [6.45, 7) is 2.63. The van der Waals surface area contributed by atoms with Crippen LogP contribution in [0.25, 0.3) is 22.2 Å². The number of ether oxygens (including phenoxy) is 1. The normalized spacial score (nSPS) is 11.1. The van der Waals surface area contributed by atoms with Crippen LogP contribution < -0.4 is 4.74 Å². The first-order valence-corrected chi connectivity index (χ1v) is 10.7. The Balaban J connectivity index is 1.34. The average molecular weight is 437 g/mol. The number of carboxylic acid groups (broad SMARTS) is 1. The van der Waals surface area contributed by atoms with E-state index in [9.17, 15) is 4.79 Å². The van der Waals surface area contributed by atoms with Crippen LogP contribution in [0.15, 0.2) is 85.2 Å². The fourth-order valence-corrected chi connectivity index (χ4v) is 4.02. The minimum Gasteiger partial charge on any atom is -0.481 e. The number of nitrogens with one attached hydrogen (secondary N) is 1. The zero-order valence-electron chi connectivity index (χ0n) is 18.2. The van der Waals surface area contributed by atoms with Gasteiger partial charge in [0, 0.05) is 34.4 Å². The number of benzene rings is 3. The molecule has 0 atom stereocenters. The number of aliphatic carboxylic acids is 1. The first-order valence-electron chi connectivity index (χ1n) is 10.7. The van der Waals surface area contributed by atoms with Gasteiger partial charge in [-0.3, -0.25) is 9.48 Å². The van der Waals surface area contributed by atoms with Crippen molar-refractivity contribution in [1.29, 1.82) is 0 Å². The Morgan fingerprint density at radius 2 is 1.88 bits per heavy atom. The average Bonchev–Trinajstić information content (AvgIpc) is 3.46. The third-order valence-corrected chi connectivity index (χ3v) is 5.64. The van der Waals surface area contributed by atoms with Crippen LogP contribution in [0, 0.1) is 6.92 Å². The molecule has 164 valence electrons. The van der Waals surface area contributed by atoms with Gasteiger partial charge in [0.2, 0.25) is 0 Å². The molecule has 0 saturated carbocycles. The molecule has 0 saturated heterocycles. The molecule has 0 fully saturated rings. The highest BCUT2D eigenvalue weighted by Gasteiger charge is 2.09. The number of nitrogens with zero attached hydrogens (tertiary/aromatic N) is 2. The molecule has 2 N–H and O–H groups in total. The predicted octanol–water partition coefficient (Wildman–Crippen LogP) is 5.81. The highest BCUT2D eigenvalue weighted by atomic mass is 16.5. The molecule has 6 nitrogen and oxygen atoms in total. The Labute approximate surface area is 191 Å². The van der Waals surface area contributed by atoms with E-state index < -0.39 is 5.97 Å². The molecule has 2 aromatic heterocycles. The van der Waals surface area contributed by atoms with Crippen molar-refractivity contribution >= 4 is 16.9 Å². The Morgan fingerprint density at radius 1 is 1.03 bits per heavy atom. The summed E-state index contributed by atoms with van der Waals surface area (Å²) in [5.41, 5.74) is 5.79.